The smallest absolute Gasteiger partial charge is 0.0503 e. The van der Waals surface area contributed by atoms with Gasteiger partial charge in [-0.05, 0) is 51.5 Å². The molecule has 1 aromatic rings. The molecule has 0 radical (unpaired) electrons. The zero-order valence-electron chi connectivity index (χ0n) is 13.1. The van der Waals surface area contributed by atoms with Gasteiger partial charge in [0.05, 0.1) is 6.61 Å². The van der Waals surface area contributed by atoms with Crippen molar-refractivity contribution >= 4 is 23.2 Å². The highest BCUT2D eigenvalue weighted by atomic mass is 35.5. The van der Waals surface area contributed by atoms with Crippen molar-refractivity contribution in [2.75, 3.05) is 33.3 Å². The molecule has 0 bridgehead atoms. The quantitative estimate of drug-likeness (QED) is 0.913. The summed E-state index contributed by atoms with van der Waals surface area (Å²) in [6, 6.07) is 6.10. The summed E-state index contributed by atoms with van der Waals surface area (Å²) < 4.78 is 0. The number of halogens is 2. The van der Waals surface area contributed by atoms with E-state index in [0.717, 1.165) is 54.6 Å². The number of likely N-dealkylation sites (N-methyl/N-ethyl adjacent to an activating group) is 1. The van der Waals surface area contributed by atoms with E-state index in [1.165, 1.54) is 6.42 Å². The molecule has 22 heavy (non-hydrogen) atoms. The van der Waals surface area contributed by atoms with Crippen LogP contribution in [0.15, 0.2) is 18.2 Å². The molecule has 0 unspecified atom stereocenters. The molecule has 3 nitrogen and oxygen atoms in total. The van der Waals surface area contributed by atoms with Gasteiger partial charge >= 0.3 is 0 Å². The lowest BCUT2D eigenvalue weighted by Crippen LogP contribution is -2.61. The molecule has 3 rings (SSSR count). The fourth-order valence-corrected chi connectivity index (χ4v) is 4.64. The van der Waals surface area contributed by atoms with E-state index < -0.39 is 0 Å². The lowest BCUT2D eigenvalue weighted by Gasteiger charge is -2.53. The fraction of sp³-hybridized carbons (Fsp3) is 0.647. The molecular weight excluding hydrogens is 319 g/mol. The van der Waals surface area contributed by atoms with Crippen molar-refractivity contribution in [2.24, 2.45) is 5.41 Å². The van der Waals surface area contributed by atoms with Crippen LogP contribution in [-0.2, 0) is 6.54 Å². The fourth-order valence-electron chi connectivity index (χ4n) is 4.13. The number of benzene rings is 1. The minimum Gasteiger partial charge on any atom is -0.396 e. The van der Waals surface area contributed by atoms with E-state index in [4.69, 9.17) is 23.2 Å². The predicted molar refractivity (Wildman–Crippen MR) is 91.5 cm³/mol. The maximum atomic E-state index is 9.97. The second-order valence-corrected chi connectivity index (χ2v) is 7.62. The van der Waals surface area contributed by atoms with Crippen LogP contribution in [0, 0.1) is 5.41 Å². The van der Waals surface area contributed by atoms with Crippen molar-refractivity contribution in [3.63, 3.8) is 0 Å². The number of likely N-dealkylation sites (tertiary alicyclic amines) is 2. The molecule has 0 saturated carbocycles. The summed E-state index contributed by atoms with van der Waals surface area (Å²) in [6.45, 7) is 4.16. The Kier molecular flexibility index (Phi) is 5.01. The molecule has 5 heteroatoms. The van der Waals surface area contributed by atoms with Crippen LogP contribution < -0.4 is 0 Å². The van der Waals surface area contributed by atoms with E-state index in [2.05, 4.69) is 16.8 Å². The number of rotatable bonds is 3. The largest absolute Gasteiger partial charge is 0.396 e. The summed E-state index contributed by atoms with van der Waals surface area (Å²) in [6.07, 6.45) is 3.36. The van der Waals surface area contributed by atoms with Gasteiger partial charge in [-0.1, -0.05) is 29.3 Å². The first-order chi connectivity index (χ1) is 10.6. The minimum atomic E-state index is 0.0772. The number of fused-ring (bicyclic) bond motifs is 1. The summed E-state index contributed by atoms with van der Waals surface area (Å²) in [7, 11) is 2.18. The molecule has 0 aliphatic carbocycles. The lowest BCUT2D eigenvalue weighted by molar-refractivity contribution is -0.0684. The van der Waals surface area contributed by atoms with Gasteiger partial charge in [-0.25, -0.2) is 0 Å². The lowest BCUT2D eigenvalue weighted by atomic mass is 9.69. The van der Waals surface area contributed by atoms with E-state index in [1.54, 1.807) is 0 Å². The van der Waals surface area contributed by atoms with Crippen LogP contribution >= 0.6 is 23.2 Å². The van der Waals surface area contributed by atoms with Crippen molar-refractivity contribution in [1.29, 1.82) is 0 Å². The third-order valence-electron chi connectivity index (χ3n) is 5.54. The van der Waals surface area contributed by atoms with Crippen molar-refractivity contribution in [1.82, 2.24) is 9.80 Å². The Morgan fingerprint density at radius 1 is 1.23 bits per heavy atom. The summed E-state index contributed by atoms with van der Waals surface area (Å²) in [5, 5.41) is 11.5. The van der Waals surface area contributed by atoms with Crippen molar-refractivity contribution in [3.05, 3.63) is 33.8 Å². The molecule has 2 atom stereocenters. The molecule has 2 heterocycles. The topological polar surface area (TPSA) is 26.7 Å². The highest BCUT2D eigenvalue weighted by Crippen LogP contribution is 2.42. The molecule has 2 saturated heterocycles. The van der Waals surface area contributed by atoms with Gasteiger partial charge in [-0.15, -0.1) is 0 Å². The third-order valence-corrected chi connectivity index (χ3v) is 6.25. The monoisotopic (exact) mass is 342 g/mol. The first-order valence-electron chi connectivity index (χ1n) is 8.02. The van der Waals surface area contributed by atoms with E-state index >= 15 is 0 Å². The summed E-state index contributed by atoms with van der Waals surface area (Å²) in [5.74, 6) is 0. The van der Waals surface area contributed by atoms with Crippen molar-refractivity contribution in [2.45, 2.75) is 31.8 Å². The Bertz CT molecular complexity index is 519. The van der Waals surface area contributed by atoms with Crippen molar-refractivity contribution < 1.29 is 5.11 Å². The maximum Gasteiger partial charge on any atom is 0.0503 e. The van der Waals surface area contributed by atoms with E-state index in [0.29, 0.717) is 12.6 Å². The van der Waals surface area contributed by atoms with Gasteiger partial charge in [0.2, 0.25) is 0 Å². The summed E-state index contributed by atoms with van der Waals surface area (Å²) in [4.78, 5) is 4.84. The molecule has 2 fully saturated rings. The summed E-state index contributed by atoms with van der Waals surface area (Å²) in [5.41, 5.74) is 1.09. The number of piperidine rings is 2. The Balaban J connectivity index is 1.76. The molecule has 0 aromatic heterocycles. The van der Waals surface area contributed by atoms with Gasteiger partial charge in [0.25, 0.3) is 0 Å². The highest BCUT2D eigenvalue weighted by molar-refractivity contribution is 6.35. The Labute approximate surface area is 142 Å². The van der Waals surface area contributed by atoms with Crippen LogP contribution in [0.3, 0.4) is 0 Å². The van der Waals surface area contributed by atoms with Crippen LogP contribution in [0.25, 0.3) is 0 Å². The van der Waals surface area contributed by atoms with Crippen LogP contribution in [0.4, 0.5) is 0 Å². The predicted octanol–water partition coefficient (Wildman–Crippen LogP) is 3.27. The second kappa shape index (κ2) is 6.66. The molecular formula is C17H24Cl2N2O. The molecule has 1 N–H and O–H groups in total. The number of aliphatic hydroxyl groups is 1. The zero-order valence-corrected chi connectivity index (χ0v) is 14.6. The highest BCUT2D eigenvalue weighted by Gasteiger charge is 2.46. The van der Waals surface area contributed by atoms with Crippen LogP contribution in [-0.4, -0.2) is 54.2 Å². The van der Waals surface area contributed by atoms with Crippen LogP contribution in [0.5, 0.6) is 0 Å². The Hall–Kier alpha value is -0.320. The molecule has 2 aliphatic heterocycles. The first kappa shape index (κ1) is 16.5. The van der Waals surface area contributed by atoms with Crippen LogP contribution in [0.1, 0.15) is 24.8 Å². The standard InChI is InChI=1S/C17H24Cl2N2O/c1-20-8-3-6-17(12-22)7-9-21(11-16(17)20)10-13-14(18)4-2-5-15(13)19/h2,4-5,16,22H,3,6-12H2,1H3/t16-,17-/m1/s1. The molecule has 1 aromatic carbocycles. The van der Waals surface area contributed by atoms with Gasteiger partial charge in [0.1, 0.15) is 0 Å². The van der Waals surface area contributed by atoms with E-state index in [1.807, 2.05) is 18.2 Å². The minimum absolute atomic E-state index is 0.0772. The van der Waals surface area contributed by atoms with Gasteiger partial charge in [0, 0.05) is 40.2 Å². The average Bonchev–Trinajstić information content (AvgIpc) is 2.52. The van der Waals surface area contributed by atoms with Crippen LogP contribution in [0.2, 0.25) is 10.0 Å². The average molecular weight is 343 g/mol. The van der Waals surface area contributed by atoms with E-state index in [-0.39, 0.29) is 5.41 Å². The number of hydrogen-bond donors (Lipinski definition) is 1. The van der Waals surface area contributed by atoms with E-state index in [9.17, 15) is 5.11 Å². The summed E-state index contributed by atoms with van der Waals surface area (Å²) >= 11 is 12.6. The maximum absolute atomic E-state index is 9.97. The van der Waals surface area contributed by atoms with Gasteiger partial charge in [-0.3, -0.25) is 4.90 Å². The first-order valence-corrected chi connectivity index (χ1v) is 8.78. The van der Waals surface area contributed by atoms with Gasteiger partial charge < -0.3 is 10.0 Å². The molecule has 0 spiro atoms. The Morgan fingerprint density at radius 3 is 2.64 bits per heavy atom. The molecule has 122 valence electrons. The van der Waals surface area contributed by atoms with Gasteiger partial charge in [-0.2, -0.15) is 0 Å². The van der Waals surface area contributed by atoms with Crippen molar-refractivity contribution in [3.8, 4) is 0 Å². The van der Waals surface area contributed by atoms with Gasteiger partial charge in [0.15, 0.2) is 0 Å². The Morgan fingerprint density at radius 2 is 1.95 bits per heavy atom. The molecule has 2 aliphatic rings. The normalized spacial score (nSPS) is 30.3. The SMILES string of the molecule is CN1CCC[C@]2(CO)CCN(Cc3c(Cl)cccc3Cl)C[C@@H]12. The number of nitrogens with zero attached hydrogens (tertiary/aromatic N) is 2. The second-order valence-electron chi connectivity index (χ2n) is 6.81. The third kappa shape index (κ3) is 3.02. The zero-order chi connectivity index (χ0) is 15.7. The molecule has 0 amide bonds. The number of aliphatic hydroxyl groups excluding tert-OH is 1. The number of hydrogen-bond acceptors (Lipinski definition) is 3.